The average molecular weight is 448 g/mol. The summed E-state index contributed by atoms with van der Waals surface area (Å²) in [6.07, 6.45) is -0.0326. The zero-order chi connectivity index (χ0) is 20.8. The molecule has 0 N–H and O–H groups in total. The summed E-state index contributed by atoms with van der Waals surface area (Å²) < 4.78 is 24.5. The van der Waals surface area contributed by atoms with Gasteiger partial charge >= 0.3 is 0 Å². The maximum Gasteiger partial charge on any atom is 0.190 e. The Balaban J connectivity index is 2.35. The number of sulfone groups is 1. The Morgan fingerprint density at radius 2 is 1.70 bits per heavy atom. The molecule has 0 aliphatic carbocycles. The molecule has 2 aromatic rings. The largest absolute Gasteiger partial charge is 0.297 e. The minimum atomic E-state index is -3.94. The summed E-state index contributed by atoms with van der Waals surface area (Å²) in [7, 11) is -3.94. The van der Waals surface area contributed by atoms with Crippen LogP contribution in [-0.4, -0.2) is 23.9 Å². The standard InChI is InChI=1S/C19H23Cl2NO3S2/c1-11-17(18(2,3)4)26-16(22-11)10-15(23)19(5,6)27(24,25)12-7-8-13(20)14(21)9-12/h7-9H,10H2,1-6H3. The number of carbonyl (C=O) groups is 1. The lowest BCUT2D eigenvalue weighted by molar-refractivity contribution is -0.120. The van der Waals surface area contributed by atoms with E-state index in [1.54, 1.807) is 0 Å². The number of aromatic nitrogens is 1. The molecule has 0 aliphatic rings. The van der Waals surface area contributed by atoms with Crippen molar-refractivity contribution in [2.45, 2.75) is 63.0 Å². The van der Waals surface area contributed by atoms with E-state index in [1.165, 1.54) is 43.4 Å². The third-order valence-corrected chi connectivity index (χ3v) is 9.15. The van der Waals surface area contributed by atoms with E-state index in [4.69, 9.17) is 23.2 Å². The van der Waals surface area contributed by atoms with Crippen molar-refractivity contribution in [2.24, 2.45) is 0 Å². The lowest BCUT2D eigenvalue weighted by Crippen LogP contribution is -2.41. The number of thiazole rings is 1. The van der Waals surface area contributed by atoms with Gasteiger partial charge in [-0.15, -0.1) is 11.3 Å². The molecular formula is C19H23Cl2NO3S2. The van der Waals surface area contributed by atoms with Gasteiger partial charge in [-0.05, 0) is 44.4 Å². The predicted octanol–water partition coefficient (Wildman–Crippen LogP) is 5.42. The monoisotopic (exact) mass is 447 g/mol. The summed E-state index contributed by atoms with van der Waals surface area (Å²) in [5.74, 6) is -0.414. The number of halogens is 2. The highest BCUT2D eigenvalue weighted by molar-refractivity contribution is 7.93. The molecule has 0 amide bonds. The van der Waals surface area contributed by atoms with Crippen LogP contribution in [0.25, 0.3) is 0 Å². The van der Waals surface area contributed by atoms with Crippen LogP contribution in [-0.2, 0) is 26.5 Å². The molecule has 0 saturated carbocycles. The number of aryl methyl sites for hydroxylation is 1. The molecule has 1 heterocycles. The first-order chi connectivity index (χ1) is 12.2. The molecule has 0 atom stereocenters. The van der Waals surface area contributed by atoms with Crippen molar-refractivity contribution in [1.29, 1.82) is 0 Å². The van der Waals surface area contributed by atoms with Crippen LogP contribution in [0.5, 0.6) is 0 Å². The third kappa shape index (κ3) is 4.39. The Morgan fingerprint density at radius 1 is 1.11 bits per heavy atom. The second-order valence-corrected chi connectivity index (χ2v) is 12.4. The molecule has 0 fully saturated rings. The molecule has 0 unspecified atom stereocenters. The number of carbonyl (C=O) groups excluding carboxylic acids is 1. The molecule has 1 aromatic heterocycles. The Morgan fingerprint density at radius 3 is 2.19 bits per heavy atom. The number of Topliss-reactive ketones (excluding diaryl/α,β-unsaturated/α-hetero) is 1. The smallest absolute Gasteiger partial charge is 0.190 e. The van der Waals surface area contributed by atoms with Crippen molar-refractivity contribution >= 4 is 50.2 Å². The molecule has 8 heteroatoms. The first kappa shape index (κ1) is 22.3. The number of rotatable bonds is 5. The Kier molecular flexibility index (Phi) is 6.18. The second kappa shape index (κ2) is 7.47. The van der Waals surface area contributed by atoms with Crippen molar-refractivity contribution in [3.8, 4) is 0 Å². The van der Waals surface area contributed by atoms with Gasteiger partial charge in [-0.25, -0.2) is 13.4 Å². The van der Waals surface area contributed by atoms with Crippen molar-refractivity contribution in [2.75, 3.05) is 0 Å². The van der Waals surface area contributed by atoms with Crippen LogP contribution >= 0.6 is 34.5 Å². The van der Waals surface area contributed by atoms with E-state index in [2.05, 4.69) is 25.8 Å². The first-order valence-corrected chi connectivity index (χ1v) is 11.4. The molecule has 2 rings (SSSR count). The lowest BCUT2D eigenvalue weighted by Gasteiger charge is -2.23. The number of benzene rings is 1. The summed E-state index contributed by atoms with van der Waals surface area (Å²) in [5.41, 5.74) is 0.797. The van der Waals surface area contributed by atoms with Crippen LogP contribution in [0.4, 0.5) is 0 Å². The highest BCUT2D eigenvalue weighted by atomic mass is 35.5. The average Bonchev–Trinajstić information content (AvgIpc) is 2.90. The van der Waals surface area contributed by atoms with Crippen LogP contribution < -0.4 is 0 Å². The van der Waals surface area contributed by atoms with Crippen LogP contribution in [0.2, 0.25) is 10.0 Å². The van der Waals surface area contributed by atoms with Gasteiger partial charge in [0.1, 0.15) is 9.75 Å². The highest BCUT2D eigenvalue weighted by Gasteiger charge is 2.42. The summed E-state index contributed by atoms with van der Waals surface area (Å²) in [4.78, 5) is 18.4. The molecule has 4 nitrogen and oxygen atoms in total. The van der Waals surface area contributed by atoms with Gasteiger partial charge in [-0.3, -0.25) is 4.79 Å². The molecule has 0 spiro atoms. The normalized spacial score (nSPS) is 13.0. The molecule has 0 bridgehead atoms. The van der Waals surface area contributed by atoms with Crippen LogP contribution in [0.1, 0.15) is 50.2 Å². The summed E-state index contributed by atoms with van der Waals surface area (Å²) in [6.45, 7) is 11.0. The van der Waals surface area contributed by atoms with Gasteiger partial charge in [-0.2, -0.15) is 0 Å². The van der Waals surface area contributed by atoms with E-state index in [0.717, 1.165) is 10.6 Å². The van der Waals surface area contributed by atoms with Gasteiger partial charge < -0.3 is 0 Å². The molecular weight excluding hydrogens is 425 g/mol. The SMILES string of the molecule is Cc1nc(CC(=O)C(C)(C)S(=O)(=O)c2ccc(Cl)c(Cl)c2)sc1C(C)(C)C. The fourth-order valence-electron chi connectivity index (χ4n) is 2.66. The van der Waals surface area contributed by atoms with Gasteiger partial charge in [0.05, 0.1) is 27.1 Å². The van der Waals surface area contributed by atoms with Gasteiger partial charge in [0.15, 0.2) is 15.6 Å². The Hall–Kier alpha value is -0.950. The van der Waals surface area contributed by atoms with E-state index in [9.17, 15) is 13.2 Å². The van der Waals surface area contributed by atoms with E-state index < -0.39 is 20.4 Å². The van der Waals surface area contributed by atoms with Gasteiger partial charge in [-0.1, -0.05) is 44.0 Å². The molecule has 1 aromatic carbocycles. The number of nitrogens with zero attached hydrogens (tertiary/aromatic N) is 1. The van der Waals surface area contributed by atoms with Crippen LogP contribution in [0, 0.1) is 6.92 Å². The minimum absolute atomic E-state index is 0.0269. The molecule has 27 heavy (non-hydrogen) atoms. The first-order valence-electron chi connectivity index (χ1n) is 8.37. The molecule has 0 saturated heterocycles. The highest BCUT2D eigenvalue weighted by Crippen LogP contribution is 2.34. The lowest BCUT2D eigenvalue weighted by atomic mass is 9.93. The zero-order valence-corrected chi connectivity index (χ0v) is 19.3. The van der Waals surface area contributed by atoms with Gasteiger partial charge in [0.25, 0.3) is 0 Å². The maximum atomic E-state index is 13.0. The Labute approximate surface area is 174 Å². The summed E-state index contributed by atoms with van der Waals surface area (Å²) >= 11 is 13.3. The number of ketones is 1. The molecule has 0 aliphatic heterocycles. The van der Waals surface area contributed by atoms with Crippen molar-refractivity contribution < 1.29 is 13.2 Å². The van der Waals surface area contributed by atoms with E-state index in [1.807, 2.05) is 6.92 Å². The molecule has 0 radical (unpaired) electrons. The summed E-state index contributed by atoms with van der Waals surface area (Å²) in [5, 5.41) is 1.01. The van der Waals surface area contributed by atoms with Crippen molar-refractivity contribution in [3.63, 3.8) is 0 Å². The van der Waals surface area contributed by atoms with Gasteiger partial charge in [0, 0.05) is 4.88 Å². The third-order valence-electron chi connectivity index (χ3n) is 4.38. The quantitative estimate of drug-likeness (QED) is 0.613. The predicted molar refractivity (Wildman–Crippen MR) is 112 cm³/mol. The van der Waals surface area contributed by atoms with Gasteiger partial charge in [0.2, 0.25) is 0 Å². The molecule has 148 valence electrons. The van der Waals surface area contributed by atoms with Crippen LogP contribution in [0.3, 0.4) is 0 Å². The fourth-order valence-corrected chi connectivity index (χ4v) is 5.63. The maximum absolute atomic E-state index is 13.0. The fraction of sp³-hybridized carbons (Fsp3) is 0.474. The van der Waals surface area contributed by atoms with E-state index in [-0.39, 0.29) is 26.8 Å². The topological polar surface area (TPSA) is 64.1 Å². The second-order valence-electron chi connectivity index (χ2n) is 7.96. The number of hydrogen-bond acceptors (Lipinski definition) is 5. The summed E-state index contributed by atoms with van der Waals surface area (Å²) in [6, 6.07) is 4.06. The van der Waals surface area contributed by atoms with E-state index in [0.29, 0.717) is 5.01 Å². The van der Waals surface area contributed by atoms with Crippen molar-refractivity contribution in [1.82, 2.24) is 4.98 Å². The van der Waals surface area contributed by atoms with E-state index >= 15 is 0 Å². The Bertz CT molecular complexity index is 987. The minimum Gasteiger partial charge on any atom is -0.297 e. The van der Waals surface area contributed by atoms with Crippen LogP contribution in [0.15, 0.2) is 23.1 Å². The van der Waals surface area contributed by atoms with Crippen molar-refractivity contribution in [3.05, 3.63) is 43.8 Å². The zero-order valence-electron chi connectivity index (χ0n) is 16.2. The number of hydrogen-bond donors (Lipinski definition) is 0.